The summed E-state index contributed by atoms with van der Waals surface area (Å²) in [5.74, 6) is 0.713. The molecule has 0 radical (unpaired) electrons. The molecule has 1 aliphatic heterocycles. The Balaban J connectivity index is 1.94. The Morgan fingerprint density at radius 3 is 2.55 bits per heavy atom. The van der Waals surface area contributed by atoms with Gasteiger partial charge in [-0.2, -0.15) is 18.3 Å². The van der Waals surface area contributed by atoms with Gasteiger partial charge in [-0.05, 0) is 43.5 Å². The highest BCUT2D eigenvalue weighted by atomic mass is 35.5. The number of alkyl halides is 3. The van der Waals surface area contributed by atoms with E-state index in [-0.39, 0.29) is 5.02 Å². The Bertz CT molecular complexity index is 1080. The number of halogens is 6. The molecule has 0 atom stereocenters. The molecule has 2 heterocycles. The fraction of sp³-hybridized carbons (Fsp3) is 0.250. The summed E-state index contributed by atoms with van der Waals surface area (Å²) in [5, 5.41) is 8.31. The van der Waals surface area contributed by atoms with Crippen molar-refractivity contribution in [3.05, 3.63) is 62.6 Å². The smallest absolute Gasteiger partial charge is 0.370 e. The zero-order valence-electron chi connectivity index (χ0n) is 15.0. The van der Waals surface area contributed by atoms with Crippen molar-refractivity contribution < 1.29 is 13.2 Å². The van der Waals surface area contributed by atoms with Crippen molar-refractivity contribution in [2.75, 3.05) is 11.9 Å². The van der Waals surface area contributed by atoms with Crippen molar-refractivity contribution in [1.29, 1.82) is 0 Å². The second-order valence-corrected chi connectivity index (χ2v) is 7.93. The predicted molar refractivity (Wildman–Crippen MR) is 110 cm³/mol. The van der Waals surface area contributed by atoms with Crippen molar-refractivity contribution in [3.63, 3.8) is 0 Å². The number of nitrogens with zero attached hydrogens (tertiary/aromatic N) is 2. The number of hydrogen-bond donors (Lipinski definition) is 1. The largest absolute Gasteiger partial charge is 0.417 e. The summed E-state index contributed by atoms with van der Waals surface area (Å²) in [5.41, 5.74) is 1.32. The van der Waals surface area contributed by atoms with Crippen LogP contribution in [0.3, 0.4) is 0 Å². The van der Waals surface area contributed by atoms with E-state index in [1.165, 1.54) is 6.07 Å². The van der Waals surface area contributed by atoms with E-state index in [1.807, 2.05) is 0 Å². The lowest BCUT2D eigenvalue weighted by atomic mass is 10.0. The first-order chi connectivity index (χ1) is 13.8. The maximum atomic E-state index is 13.4. The highest BCUT2D eigenvalue weighted by Crippen LogP contribution is 2.40. The van der Waals surface area contributed by atoms with Crippen molar-refractivity contribution in [2.45, 2.75) is 25.4 Å². The molecule has 3 aromatic rings. The molecule has 0 saturated carbocycles. The lowest BCUT2D eigenvalue weighted by molar-refractivity contribution is -0.137. The van der Waals surface area contributed by atoms with Crippen LogP contribution in [0, 0.1) is 0 Å². The summed E-state index contributed by atoms with van der Waals surface area (Å²) >= 11 is 18.3. The molecule has 0 spiro atoms. The summed E-state index contributed by atoms with van der Waals surface area (Å²) in [6, 6.07) is 9.02. The maximum Gasteiger partial charge on any atom is 0.417 e. The van der Waals surface area contributed by atoms with E-state index >= 15 is 0 Å². The number of anilines is 1. The van der Waals surface area contributed by atoms with Crippen LogP contribution in [0.4, 0.5) is 19.0 Å². The van der Waals surface area contributed by atoms with Gasteiger partial charge in [-0.3, -0.25) is 0 Å². The van der Waals surface area contributed by atoms with E-state index in [4.69, 9.17) is 34.8 Å². The van der Waals surface area contributed by atoms with E-state index in [9.17, 15) is 13.2 Å². The fourth-order valence-electron chi connectivity index (χ4n) is 3.45. The molecule has 9 heteroatoms. The molecule has 0 fully saturated rings. The number of rotatable bonds is 2. The van der Waals surface area contributed by atoms with Gasteiger partial charge in [0, 0.05) is 17.7 Å². The van der Waals surface area contributed by atoms with Gasteiger partial charge in [0.05, 0.1) is 32.0 Å². The minimum absolute atomic E-state index is 0.323. The first-order valence-corrected chi connectivity index (χ1v) is 10.1. The number of aromatic nitrogens is 2. The molecule has 0 amide bonds. The third-order valence-electron chi connectivity index (χ3n) is 4.83. The van der Waals surface area contributed by atoms with E-state index in [0.29, 0.717) is 39.2 Å². The van der Waals surface area contributed by atoms with E-state index in [0.717, 1.165) is 31.0 Å². The summed E-state index contributed by atoms with van der Waals surface area (Å²) in [7, 11) is 0. The standard InChI is InChI=1S/C20H15Cl3F3N3/c21-14-8-7-11(10-13(14)20(24,25)26)18-12-4-1-2-9-27-19(12)29(28-18)16-6-3-5-15(22)17(16)23/h3,5-8,10,27H,1-2,4,9H2. The maximum absolute atomic E-state index is 13.4. The molecule has 0 saturated heterocycles. The van der Waals surface area contributed by atoms with Gasteiger partial charge in [-0.15, -0.1) is 0 Å². The fourth-order valence-corrected chi connectivity index (χ4v) is 4.05. The van der Waals surface area contributed by atoms with Crippen LogP contribution in [0.15, 0.2) is 36.4 Å². The zero-order chi connectivity index (χ0) is 20.8. The SMILES string of the molecule is FC(F)(F)c1cc(-c2nn(-c3cccc(Cl)c3Cl)c3c2CCCCN3)ccc1Cl. The second kappa shape index (κ2) is 7.74. The summed E-state index contributed by atoms with van der Waals surface area (Å²) in [6.07, 6.45) is -2.05. The van der Waals surface area contributed by atoms with Gasteiger partial charge in [-0.25, -0.2) is 4.68 Å². The normalized spacial score (nSPS) is 14.3. The Hall–Kier alpha value is -1.89. The molecular weight excluding hydrogens is 446 g/mol. The Kier molecular flexibility index (Phi) is 5.44. The summed E-state index contributed by atoms with van der Waals surface area (Å²) in [6.45, 7) is 0.727. The van der Waals surface area contributed by atoms with Gasteiger partial charge in [0.2, 0.25) is 0 Å². The monoisotopic (exact) mass is 459 g/mol. The third-order valence-corrected chi connectivity index (χ3v) is 5.97. The molecule has 0 aliphatic carbocycles. The molecule has 0 unspecified atom stereocenters. The first kappa shape index (κ1) is 20.4. The van der Waals surface area contributed by atoms with Crippen molar-refractivity contribution in [1.82, 2.24) is 9.78 Å². The molecule has 1 aliphatic rings. The minimum atomic E-state index is -4.55. The Morgan fingerprint density at radius 1 is 1.00 bits per heavy atom. The average Bonchev–Trinajstić information content (AvgIpc) is 2.85. The van der Waals surface area contributed by atoms with Gasteiger partial charge in [0.1, 0.15) is 5.82 Å². The van der Waals surface area contributed by atoms with E-state index < -0.39 is 11.7 Å². The van der Waals surface area contributed by atoms with Gasteiger partial charge >= 0.3 is 6.18 Å². The van der Waals surface area contributed by atoms with Crippen LogP contribution in [0.1, 0.15) is 24.0 Å². The quantitative estimate of drug-likeness (QED) is 0.436. The van der Waals surface area contributed by atoms with Crippen LogP contribution in [0.25, 0.3) is 16.9 Å². The molecule has 1 aromatic heterocycles. The summed E-state index contributed by atoms with van der Waals surface area (Å²) < 4.78 is 41.7. The van der Waals surface area contributed by atoms with Crippen molar-refractivity contribution in [3.8, 4) is 16.9 Å². The number of benzene rings is 2. The van der Waals surface area contributed by atoms with Crippen LogP contribution in [-0.4, -0.2) is 16.3 Å². The molecule has 2 aromatic carbocycles. The average molecular weight is 461 g/mol. The highest BCUT2D eigenvalue weighted by molar-refractivity contribution is 6.43. The molecule has 4 rings (SSSR count). The van der Waals surface area contributed by atoms with Crippen LogP contribution in [-0.2, 0) is 12.6 Å². The number of nitrogens with one attached hydrogen (secondary N) is 1. The van der Waals surface area contributed by atoms with Crippen LogP contribution < -0.4 is 5.32 Å². The second-order valence-electron chi connectivity index (χ2n) is 6.74. The van der Waals surface area contributed by atoms with Crippen LogP contribution in [0.5, 0.6) is 0 Å². The third kappa shape index (κ3) is 3.81. The zero-order valence-corrected chi connectivity index (χ0v) is 17.2. The molecule has 0 bridgehead atoms. The van der Waals surface area contributed by atoms with Gasteiger partial charge in [-0.1, -0.05) is 46.9 Å². The van der Waals surface area contributed by atoms with Crippen LogP contribution >= 0.6 is 34.8 Å². The van der Waals surface area contributed by atoms with Gasteiger partial charge in [0.15, 0.2) is 0 Å². The molecular formula is C20H15Cl3F3N3. The lowest BCUT2D eigenvalue weighted by Crippen LogP contribution is -2.07. The molecule has 3 nitrogen and oxygen atoms in total. The summed E-state index contributed by atoms with van der Waals surface area (Å²) in [4.78, 5) is 0. The van der Waals surface area contributed by atoms with Crippen molar-refractivity contribution >= 4 is 40.6 Å². The van der Waals surface area contributed by atoms with E-state index in [1.54, 1.807) is 28.9 Å². The van der Waals surface area contributed by atoms with E-state index in [2.05, 4.69) is 10.4 Å². The topological polar surface area (TPSA) is 29.9 Å². The molecule has 1 N–H and O–H groups in total. The highest BCUT2D eigenvalue weighted by Gasteiger charge is 2.34. The lowest BCUT2D eigenvalue weighted by Gasteiger charge is -2.11. The Morgan fingerprint density at radius 2 is 1.79 bits per heavy atom. The molecule has 29 heavy (non-hydrogen) atoms. The Labute approximate surface area is 180 Å². The van der Waals surface area contributed by atoms with Gasteiger partial charge in [0.25, 0.3) is 0 Å². The number of hydrogen-bond acceptors (Lipinski definition) is 2. The van der Waals surface area contributed by atoms with Gasteiger partial charge < -0.3 is 5.32 Å². The molecule has 152 valence electrons. The van der Waals surface area contributed by atoms with Crippen molar-refractivity contribution in [2.24, 2.45) is 0 Å². The minimum Gasteiger partial charge on any atom is -0.370 e. The predicted octanol–water partition coefficient (Wildman–Crippen LogP) is 7.27. The number of fused-ring (bicyclic) bond motifs is 1. The first-order valence-electron chi connectivity index (χ1n) is 8.94. The van der Waals surface area contributed by atoms with Crippen LogP contribution in [0.2, 0.25) is 15.1 Å².